The fourth-order valence-electron chi connectivity index (χ4n) is 3.69. The van der Waals surface area contributed by atoms with Crippen molar-refractivity contribution < 1.29 is 0 Å². The van der Waals surface area contributed by atoms with Gasteiger partial charge in [-0.05, 0) is 59.7 Å². The number of hydrogen-bond acceptors (Lipinski definition) is 3. The number of aryl methyl sites for hydroxylation is 6. The summed E-state index contributed by atoms with van der Waals surface area (Å²) in [7, 11) is 0. The summed E-state index contributed by atoms with van der Waals surface area (Å²) in [6.45, 7) is 14.5. The highest BCUT2D eigenvalue weighted by Crippen LogP contribution is 2.30. The molecule has 0 N–H and O–H groups in total. The highest BCUT2D eigenvalue weighted by Gasteiger charge is 2.40. The number of nitrogens with zero attached hydrogens (tertiary/aromatic N) is 6. The lowest BCUT2D eigenvalue weighted by Crippen LogP contribution is -2.51. The molecule has 0 aromatic carbocycles. The summed E-state index contributed by atoms with van der Waals surface area (Å²) in [5.41, 5.74) is 6.26. The minimum atomic E-state index is -0.630. The summed E-state index contributed by atoms with van der Waals surface area (Å²) in [4.78, 5) is 0. The SMILES string of the molecule is CCC(n1nc(C)cc1C)(n1nc(C)cc1C)n1nc(C)cc1C. The molecule has 0 radical (unpaired) electrons. The van der Waals surface area contributed by atoms with Gasteiger partial charge < -0.3 is 0 Å². The normalized spacial score (nSPS) is 12.1. The Morgan fingerprint density at radius 3 is 1.12 bits per heavy atom. The second-order valence-corrected chi connectivity index (χ2v) is 6.64. The molecule has 6 nitrogen and oxygen atoms in total. The average molecular weight is 326 g/mol. The summed E-state index contributed by atoms with van der Waals surface area (Å²) in [5, 5.41) is 14.4. The molecular formula is C18H26N6. The fourth-order valence-corrected chi connectivity index (χ4v) is 3.69. The van der Waals surface area contributed by atoms with E-state index in [-0.39, 0.29) is 0 Å². The minimum Gasteiger partial charge on any atom is -0.222 e. The van der Waals surface area contributed by atoms with Gasteiger partial charge in [0, 0.05) is 23.5 Å². The maximum atomic E-state index is 4.80. The lowest BCUT2D eigenvalue weighted by molar-refractivity contribution is 0.100. The van der Waals surface area contributed by atoms with Gasteiger partial charge in [0.1, 0.15) is 0 Å². The summed E-state index contributed by atoms with van der Waals surface area (Å²) in [6, 6.07) is 6.30. The summed E-state index contributed by atoms with van der Waals surface area (Å²) in [5.74, 6) is -0.630. The van der Waals surface area contributed by atoms with Crippen molar-refractivity contribution in [1.82, 2.24) is 29.3 Å². The topological polar surface area (TPSA) is 53.5 Å². The molecule has 0 atom stereocenters. The van der Waals surface area contributed by atoms with Gasteiger partial charge in [-0.2, -0.15) is 15.3 Å². The van der Waals surface area contributed by atoms with Crippen LogP contribution in [0.1, 0.15) is 47.5 Å². The van der Waals surface area contributed by atoms with E-state index in [4.69, 9.17) is 15.3 Å². The van der Waals surface area contributed by atoms with Crippen LogP contribution in [0.25, 0.3) is 0 Å². The molecule has 0 aliphatic carbocycles. The molecule has 0 unspecified atom stereocenters. The molecule has 24 heavy (non-hydrogen) atoms. The van der Waals surface area contributed by atoms with Crippen molar-refractivity contribution in [1.29, 1.82) is 0 Å². The number of hydrogen-bond donors (Lipinski definition) is 0. The Morgan fingerprint density at radius 1 is 0.667 bits per heavy atom. The fraction of sp³-hybridized carbons (Fsp3) is 0.500. The van der Waals surface area contributed by atoms with Crippen LogP contribution in [0.4, 0.5) is 0 Å². The van der Waals surface area contributed by atoms with Crippen LogP contribution in [-0.4, -0.2) is 29.3 Å². The van der Waals surface area contributed by atoms with Crippen LogP contribution in [-0.2, 0) is 5.79 Å². The molecule has 0 saturated carbocycles. The van der Waals surface area contributed by atoms with Gasteiger partial charge in [0.2, 0.25) is 5.79 Å². The van der Waals surface area contributed by atoms with E-state index in [0.717, 1.165) is 40.6 Å². The van der Waals surface area contributed by atoms with E-state index in [9.17, 15) is 0 Å². The Bertz CT molecular complexity index is 767. The zero-order valence-corrected chi connectivity index (χ0v) is 15.6. The van der Waals surface area contributed by atoms with Crippen LogP contribution in [0.15, 0.2) is 18.2 Å². The Hall–Kier alpha value is -2.37. The maximum Gasteiger partial charge on any atom is 0.249 e. The van der Waals surface area contributed by atoms with E-state index in [0.29, 0.717) is 0 Å². The Morgan fingerprint density at radius 2 is 0.958 bits per heavy atom. The van der Waals surface area contributed by atoms with Crippen molar-refractivity contribution >= 4 is 0 Å². The van der Waals surface area contributed by atoms with E-state index in [1.807, 2.05) is 20.8 Å². The first-order valence-electron chi connectivity index (χ1n) is 8.41. The van der Waals surface area contributed by atoms with Gasteiger partial charge in [-0.15, -0.1) is 0 Å². The highest BCUT2D eigenvalue weighted by molar-refractivity contribution is 5.17. The molecule has 3 rings (SSSR count). The van der Waals surface area contributed by atoms with Crippen LogP contribution in [0.3, 0.4) is 0 Å². The van der Waals surface area contributed by atoms with Crippen molar-refractivity contribution in [2.75, 3.05) is 0 Å². The quantitative estimate of drug-likeness (QED) is 0.739. The minimum absolute atomic E-state index is 0.630. The predicted molar refractivity (Wildman–Crippen MR) is 94.2 cm³/mol. The second-order valence-electron chi connectivity index (χ2n) is 6.64. The molecule has 0 bridgehead atoms. The Labute approximate surface area is 143 Å². The number of aromatic nitrogens is 6. The molecule has 6 heteroatoms. The van der Waals surface area contributed by atoms with Gasteiger partial charge in [0.15, 0.2) is 0 Å². The maximum absolute atomic E-state index is 4.80. The average Bonchev–Trinajstić information content (AvgIpc) is 3.12. The molecular weight excluding hydrogens is 300 g/mol. The zero-order valence-electron chi connectivity index (χ0n) is 15.6. The summed E-state index contributed by atoms with van der Waals surface area (Å²) in [6.07, 6.45) is 0.777. The third kappa shape index (κ3) is 2.28. The second kappa shape index (κ2) is 5.61. The lowest BCUT2D eigenvalue weighted by atomic mass is 10.2. The summed E-state index contributed by atoms with van der Waals surface area (Å²) < 4.78 is 6.17. The molecule has 3 heterocycles. The van der Waals surface area contributed by atoms with Gasteiger partial charge in [-0.1, -0.05) is 6.92 Å². The van der Waals surface area contributed by atoms with Crippen molar-refractivity contribution in [3.05, 3.63) is 52.4 Å². The van der Waals surface area contributed by atoms with E-state index >= 15 is 0 Å². The van der Waals surface area contributed by atoms with Crippen LogP contribution in [0.2, 0.25) is 0 Å². The molecule has 3 aromatic heterocycles. The van der Waals surface area contributed by atoms with E-state index in [2.05, 4.69) is 59.9 Å². The molecule has 0 aliphatic heterocycles. The number of rotatable bonds is 4. The van der Waals surface area contributed by atoms with Gasteiger partial charge in [0.05, 0.1) is 17.1 Å². The largest absolute Gasteiger partial charge is 0.249 e. The summed E-state index contributed by atoms with van der Waals surface area (Å²) >= 11 is 0. The first-order chi connectivity index (χ1) is 11.3. The molecule has 3 aromatic rings. The molecule has 0 aliphatic rings. The molecule has 0 fully saturated rings. The third-order valence-corrected chi connectivity index (χ3v) is 4.52. The van der Waals surface area contributed by atoms with Crippen molar-refractivity contribution in [2.24, 2.45) is 0 Å². The van der Waals surface area contributed by atoms with Crippen LogP contribution in [0.5, 0.6) is 0 Å². The third-order valence-electron chi connectivity index (χ3n) is 4.52. The van der Waals surface area contributed by atoms with Crippen LogP contribution < -0.4 is 0 Å². The lowest BCUT2D eigenvalue weighted by Gasteiger charge is -2.37. The van der Waals surface area contributed by atoms with Crippen molar-refractivity contribution in [3.8, 4) is 0 Å². The van der Waals surface area contributed by atoms with Gasteiger partial charge in [-0.25, -0.2) is 14.0 Å². The van der Waals surface area contributed by atoms with Crippen molar-refractivity contribution in [2.45, 2.75) is 60.7 Å². The Kier molecular flexibility index (Phi) is 3.86. The first kappa shape index (κ1) is 16.5. The van der Waals surface area contributed by atoms with Crippen LogP contribution in [0, 0.1) is 41.5 Å². The first-order valence-corrected chi connectivity index (χ1v) is 8.41. The smallest absolute Gasteiger partial charge is 0.222 e. The monoisotopic (exact) mass is 326 g/mol. The molecule has 0 saturated heterocycles. The predicted octanol–water partition coefficient (Wildman–Crippen LogP) is 3.24. The molecule has 0 spiro atoms. The van der Waals surface area contributed by atoms with E-state index in [1.54, 1.807) is 0 Å². The zero-order chi connectivity index (χ0) is 17.6. The van der Waals surface area contributed by atoms with Crippen LogP contribution >= 0.6 is 0 Å². The van der Waals surface area contributed by atoms with Gasteiger partial charge in [-0.3, -0.25) is 0 Å². The van der Waals surface area contributed by atoms with Crippen molar-refractivity contribution in [3.63, 3.8) is 0 Å². The Balaban J connectivity index is 2.41. The standard InChI is InChI=1S/C18H26N6/c1-8-18(22-15(5)9-12(2)19-22,23-16(6)10-13(3)20-23)24-17(7)11-14(4)21-24/h9-11H,8H2,1-7H3. The molecule has 0 amide bonds. The van der Waals surface area contributed by atoms with E-state index < -0.39 is 5.79 Å². The highest BCUT2D eigenvalue weighted by atomic mass is 15.6. The molecule has 128 valence electrons. The van der Waals surface area contributed by atoms with Gasteiger partial charge in [0.25, 0.3) is 0 Å². The van der Waals surface area contributed by atoms with Gasteiger partial charge >= 0.3 is 0 Å². The van der Waals surface area contributed by atoms with E-state index in [1.165, 1.54) is 0 Å².